The summed E-state index contributed by atoms with van der Waals surface area (Å²) in [6, 6.07) is 7.13. The predicted molar refractivity (Wildman–Crippen MR) is 83.6 cm³/mol. The molecule has 0 fully saturated rings. The van der Waals surface area contributed by atoms with Crippen molar-refractivity contribution in [3.05, 3.63) is 42.5 Å². The van der Waals surface area contributed by atoms with E-state index in [2.05, 4.69) is 15.2 Å². The van der Waals surface area contributed by atoms with Crippen molar-refractivity contribution in [2.45, 2.75) is 13.0 Å². The molecular weight excluding hydrogens is 266 g/mol. The molecule has 0 radical (unpaired) electrons. The van der Waals surface area contributed by atoms with Crippen molar-refractivity contribution >= 4 is 17.3 Å². The van der Waals surface area contributed by atoms with E-state index in [0.29, 0.717) is 18.7 Å². The quantitative estimate of drug-likeness (QED) is 0.789. The van der Waals surface area contributed by atoms with Gasteiger partial charge in [0.05, 0.1) is 6.54 Å². The van der Waals surface area contributed by atoms with Gasteiger partial charge in [-0.2, -0.15) is 0 Å². The van der Waals surface area contributed by atoms with Crippen LogP contribution in [0.25, 0.3) is 0 Å². The Morgan fingerprint density at radius 2 is 2.10 bits per heavy atom. The smallest absolute Gasteiger partial charge is 0.225 e. The molecule has 2 rings (SSSR count). The zero-order chi connectivity index (χ0) is 15.2. The van der Waals surface area contributed by atoms with Gasteiger partial charge in [-0.3, -0.25) is 9.69 Å². The van der Waals surface area contributed by atoms with Crippen molar-refractivity contribution in [2.75, 3.05) is 24.6 Å². The Kier molecular flexibility index (Phi) is 4.94. The monoisotopic (exact) mass is 287 g/mol. The summed E-state index contributed by atoms with van der Waals surface area (Å²) in [7, 11) is 3.94. The SMILES string of the molecule is CN(CCC(=O)Nc1ccc(N)cc1)Cc1nccn1C. The van der Waals surface area contributed by atoms with E-state index in [-0.39, 0.29) is 5.91 Å². The largest absolute Gasteiger partial charge is 0.399 e. The molecule has 112 valence electrons. The molecule has 3 N–H and O–H groups in total. The molecule has 1 amide bonds. The van der Waals surface area contributed by atoms with Crippen molar-refractivity contribution in [3.8, 4) is 0 Å². The van der Waals surface area contributed by atoms with E-state index >= 15 is 0 Å². The summed E-state index contributed by atoms with van der Waals surface area (Å²) in [6.07, 6.45) is 4.12. The van der Waals surface area contributed by atoms with E-state index < -0.39 is 0 Å². The number of rotatable bonds is 6. The first-order chi connectivity index (χ1) is 10.0. The Balaban J connectivity index is 1.75. The van der Waals surface area contributed by atoms with Gasteiger partial charge >= 0.3 is 0 Å². The minimum absolute atomic E-state index is 0.00791. The number of aromatic nitrogens is 2. The number of benzene rings is 1. The van der Waals surface area contributed by atoms with E-state index in [1.54, 1.807) is 30.5 Å². The lowest BCUT2D eigenvalue weighted by Crippen LogP contribution is -2.25. The van der Waals surface area contributed by atoms with Crippen LogP contribution in [0.15, 0.2) is 36.7 Å². The van der Waals surface area contributed by atoms with Crippen LogP contribution >= 0.6 is 0 Å². The normalized spacial score (nSPS) is 10.8. The Labute approximate surface area is 124 Å². The van der Waals surface area contributed by atoms with Crippen LogP contribution in [-0.4, -0.2) is 34.0 Å². The Morgan fingerprint density at radius 3 is 2.71 bits per heavy atom. The zero-order valence-electron chi connectivity index (χ0n) is 12.4. The molecule has 6 heteroatoms. The van der Waals surface area contributed by atoms with Crippen molar-refractivity contribution in [1.29, 1.82) is 0 Å². The molecular formula is C15H21N5O. The molecule has 1 aromatic heterocycles. The van der Waals surface area contributed by atoms with Gasteiger partial charge < -0.3 is 15.6 Å². The standard InChI is InChI=1S/C15H21N5O/c1-19(11-14-17-8-10-20(14)2)9-7-15(21)18-13-5-3-12(16)4-6-13/h3-6,8,10H,7,9,11,16H2,1-2H3,(H,18,21). The van der Waals surface area contributed by atoms with Crippen LogP contribution < -0.4 is 11.1 Å². The first-order valence-corrected chi connectivity index (χ1v) is 6.85. The lowest BCUT2D eigenvalue weighted by molar-refractivity contribution is -0.116. The Morgan fingerprint density at radius 1 is 1.38 bits per heavy atom. The van der Waals surface area contributed by atoms with Gasteiger partial charge in [-0.1, -0.05) is 0 Å². The summed E-state index contributed by atoms with van der Waals surface area (Å²) in [4.78, 5) is 18.2. The van der Waals surface area contributed by atoms with Gasteiger partial charge in [-0.15, -0.1) is 0 Å². The maximum Gasteiger partial charge on any atom is 0.225 e. The number of hydrogen-bond donors (Lipinski definition) is 2. The summed E-state index contributed by atoms with van der Waals surface area (Å²) >= 11 is 0. The van der Waals surface area contributed by atoms with Crippen molar-refractivity contribution in [1.82, 2.24) is 14.5 Å². The van der Waals surface area contributed by atoms with E-state index in [9.17, 15) is 4.79 Å². The van der Waals surface area contributed by atoms with Crippen molar-refractivity contribution in [3.63, 3.8) is 0 Å². The molecule has 0 aliphatic heterocycles. The van der Waals surface area contributed by atoms with E-state index in [1.807, 2.05) is 24.9 Å². The van der Waals surface area contributed by atoms with Crippen LogP contribution in [-0.2, 0) is 18.4 Å². The number of aryl methyl sites for hydroxylation is 1. The van der Waals surface area contributed by atoms with Gasteiger partial charge in [0.1, 0.15) is 5.82 Å². The molecule has 0 aliphatic rings. The highest BCUT2D eigenvalue weighted by atomic mass is 16.1. The van der Waals surface area contributed by atoms with Gasteiger partial charge in [-0.05, 0) is 31.3 Å². The van der Waals surface area contributed by atoms with Crippen molar-refractivity contribution in [2.24, 2.45) is 7.05 Å². The van der Waals surface area contributed by atoms with Crippen LogP contribution in [0.5, 0.6) is 0 Å². The molecule has 1 heterocycles. The first-order valence-electron chi connectivity index (χ1n) is 6.85. The molecule has 1 aromatic carbocycles. The summed E-state index contributed by atoms with van der Waals surface area (Å²) in [6.45, 7) is 1.40. The van der Waals surface area contributed by atoms with Crippen LogP contribution in [0.3, 0.4) is 0 Å². The molecule has 21 heavy (non-hydrogen) atoms. The van der Waals surface area contributed by atoms with Gasteiger partial charge in [0.2, 0.25) is 5.91 Å². The molecule has 0 spiro atoms. The second-order valence-corrected chi connectivity index (χ2v) is 5.11. The second kappa shape index (κ2) is 6.90. The van der Waals surface area contributed by atoms with E-state index in [4.69, 9.17) is 5.73 Å². The van der Waals surface area contributed by atoms with Gasteiger partial charge in [0, 0.05) is 43.8 Å². The van der Waals surface area contributed by atoms with Crippen LogP contribution in [0, 0.1) is 0 Å². The maximum absolute atomic E-state index is 11.9. The van der Waals surface area contributed by atoms with Crippen LogP contribution in [0.1, 0.15) is 12.2 Å². The molecule has 2 aromatic rings. The minimum Gasteiger partial charge on any atom is -0.399 e. The average molecular weight is 287 g/mol. The average Bonchev–Trinajstić information content (AvgIpc) is 2.85. The number of carbonyl (C=O) groups excluding carboxylic acids is 1. The second-order valence-electron chi connectivity index (χ2n) is 5.11. The third kappa shape index (κ3) is 4.61. The summed E-state index contributed by atoms with van der Waals surface area (Å²) in [5.41, 5.74) is 7.05. The number of imidazole rings is 1. The minimum atomic E-state index is -0.00791. The predicted octanol–water partition coefficient (Wildman–Crippen LogP) is 1.46. The number of nitrogen functional groups attached to an aromatic ring is 1. The third-order valence-corrected chi connectivity index (χ3v) is 3.25. The molecule has 0 atom stereocenters. The molecule has 6 nitrogen and oxygen atoms in total. The number of anilines is 2. The van der Waals surface area contributed by atoms with Crippen LogP contribution in [0.4, 0.5) is 11.4 Å². The van der Waals surface area contributed by atoms with E-state index in [0.717, 1.165) is 18.1 Å². The highest BCUT2D eigenvalue weighted by Gasteiger charge is 2.08. The van der Waals surface area contributed by atoms with Gasteiger partial charge in [0.15, 0.2) is 0 Å². The number of amides is 1. The Bertz CT molecular complexity index is 590. The van der Waals surface area contributed by atoms with E-state index in [1.165, 1.54) is 0 Å². The van der Waals surface area contributed by atoms with Crippen molar-refractivity contribution < 1.29 is 4.79 Å². The topological polar surface area (TPSA) is 76.2 Å². The molecule has 0 saturated carbocycles. The number of nitrogens with zero attached hydrogens (tertiary/aromatic N) is 3. The lowest BCUT2D eigenvalue weighted by atomic mass is 10.2. The number of nitrogens with one attached hydrogen (secondary N) is 1. The molecule has 0 bridgehead atoms. The molecule has 0 aliphatic carbocycles. The fourth-order valence-corrected chi connectivity index (χ4v) is 1.95. The summed E-state index contributed by atoms with van der Waals surface area (Å²) < 4.78 is 1.98. The first kappa shape index (κ1) is 15.1. The highest BCUT2D eigenvalue weighted by Crippen LogP contribution is 2.10. The molecule has 0 saturated heterocycles. The maximum atomic E-state index is 11.9. The highest BCUT2D eigenvalue weighted by molar-refractivity contribution is 5.90. The fraction of sp³-hybridized carbons (Fsp3) is 0.333. The van der Waals surface area contributed by atoms with Gasteiger partial charge in [0.25, 0.3) is 0 Å². The number of carbonyl (C=O) groups is 1. The van der Waals surface area contributed by atoms with Crippen LogP contribution in [0.2, 0.25) is 0 Å². The Hall–Kier alpha value is -2.34. The number of nitrogens with two attached hydrogens (primary N) is 1. The van der Waals surface area contributed by atoms with Gasteiger partial charge in [-0.25, -0.2) is 4.98 Å². The lowest BCUT2D eigenvalue weighted by Gasteiger charge is -2.16. The number of hydrogen-bond acceptors (Lipinski definition) is 4. The summed E-state index contributed by atoms with van der Waals surface area (Å²) in [5.74, 6) is 0.975. The summed E-state index contributed by atoms with van der Waals surface area (Å²) in [5, 5.41) is 2.85. The zero-order valence-corrected chi connectivity index (χ0v) is 12.4. The third-order valence-electron chi connectivity index (χ3n) is 3.25. The fourth-order valence-electron chi connectivity index (χ4n) is 1.95. The molecule has 0 unspecified atom stereocenters.